The van der Waals surface area contributed by atoms with Gasteiger partial charge in [0.05, 0.1) is 21.5 Å². The van der Waals surface area contributed by atoms with E-state index < -0.39 is 0 Å². The number of nitrogens with two attached hydrogens (primary N) is 1. The van der Waals surface area contributed by atoms with E-state index in [1.807, 2.05) is 19.1 Å². The van der Waals surface area contributed by atoms with Crippen LogP contribution in [0.5, 0.6) is 0 Å². The zero-order valence-electron chi connectivity index (χ0n) is 11.5. The van der Waals surface area contributed by atoms with E-state index in [0.717, 1.165) is 11.3 Å². The molecule has 0 saturated heterocycles. The van der Waals surface area contributed by atoms with Crippen LogP contribution < -0.4 is 11.1 Å². The van der Waals surface area contributed by atoms with Crippen molar-refractivity contribution in [2.45, 2.75) is 6.92 Å². The second-order valence-electron chi connectivity index (χ2n) is 4.65. The molecule has 0 bridgehead atoms. The minimum atomic E-state index is 0.235. The fourth-order valence-electron chi connectivity index (χ4n) is 1.89. The molecule has 0 spiro atoms. The third kappa shape index (κ3) is 3.38. The zero-order valence-corrected chi connectivity index (χ0v) is 13.0. The van der Waals surface area contributed by atoms with Crippen LogP contribution >= 0.6 is 23.2 Å². The lowest BCUT2D eigenvalue weighted by molar-refractivity contribution is 1.39. The van der Waals surface area contributed by atoms with Crippen LogP contribution in [0.2, 0.25) is 10.0 Å². The fraction of sp³-hybridized carbons (Fsp3) is 0.0625. The molecular formula is C16H15Cl2N3. The van der Waals surface area contributed by atoms with Gasteiger partial charge in [0.2, 0.25) is 0 Å². The second-order valence-corrected chi connectivity index (χ2v) is 5.46. The molecule has 0 aliphatic rings. The Morgan fingerprint density at radius 2 is 1.81 bits per heavy atom. The van der Waals surface area contributed by atoms with Crippen molar-refractivity contribution in [2.75, 3.05) is 11.1 Å². The third-order valence-corrected chi connectivity index (χ3v) is 3.81. The Bertz CT molecular complexity index is 723. The lowest BCUT2D eigenvalue weighted by Gasteiger charge is -2.15. The maximum atomic E-state index is 8.19. The molecule has 3 nitrogen and oxygen atoms in total. The van der Waals surface area contributed by atoms with Gasteiger partial charge in [0.25, 0.3) is 0 Å². The summed E-state index contributed by atoms with van der Waals surface area (Å²) in [5.74, 6) is 0. The molecule has 2 rings (SSSR count). The summed E-state index contributed by atoms with van der Waals surface area (Å²) in [6, 6.07) is 10.7. The molecule has 0 aliphatic carbocycles. The SMILES string of the molecule is C=C(Nc1cc(Cl)c(Cl)cc1C)C(=N)c1ccccc1N. The third-order valence-electron chi connectivity index (χ3n) is 3.08. The summed E-state index contributed by atoms with van der Waals surface area (Å²) in [4.78, 5) is 0. The minimum absolute atomic E-state index is 0.235. The average Bonchev–Trinajstić information content (AvgIpc) is 2.44. The summed E-state index contributed by atoms with van der Waals surface area (Å²) in [6.07, 6.45) is 0. The lowest BCUT2D eigenvalue weighted by Crippen LogP contribution is -2.13. The largest absolute Gasteiger partial charge is 0.398 e. The molecule has 0 unspecified atom stereocenters. The maximum Gasteiger partial charge on any atom is 0.0861 e. The van der Waals surface area contributed by atoms with Gasteiger partial charge in [-0.3, -0.25) is 5.41 Å². The number of rotatable bonds is 4. The molecule has 2 aromatic carbocycles. The number of para-hydroxylation sites is 1. The first-order valence-corrected chi connectivity index (χ1v) is 7.01. The molecule has 0 radical (unpaired) electrons. The number of hydrogen-bond donors (Lipinski definition) is 3. The van der Waals surface area contributed by atoms with Gasteiger partial charge in [-0.1, -0.05) is 48.0 Å². The van der Waals surface area contributed by atoms with E-state index in [1.54, 1.807) is 24.3 Å². The molecular weight excluding hydrogens is 305 g/mol. The average molecular weight is 320 g/mol. The topological polar surface area (TPSA) is 61.9 Å². The molecule has 108 valence electrons. The smallest absolute Gasteiger partial charge is 0.0861 e. The van der Waals surface area contributed by atoms with E-state index in [2.05, 4.69) is 11.9 Å². The van der Waals surface area contributed by atoms with Gasteiger partial charge < -0.3 is 11.1 Å². The summed E-state index contributed by atoms with van der Waals surface area (Å²) in [5.41, 5.74) is 9.40. The summed E-state index contributed by atoms with van der Waals surface area (Å²) in [7, 11) is 0. The number of benzene rings is 2. The molecule has 21 heavy (non-hydrogen) atoms. The van der Waals surface area contributed by atoms with Gasteiger partial charge in [-0.2, -0.15) is 0 Å². The Kier molecular flexibility index (Phi) is 4.56. The molecule has 0 saturated carbocycles. The van der Waals surface area contributed by atoms with Crippen molar-refractivity contribution in [1.82, 2.24) is 0 Å². The molecule has 5 heteroatoms. The van der Waals surface area contributed by atoms with Crippen molar-refractivity contribution < 1.29 is 0 Å². The Balaban J connectivity index is 2.25. The second kappa shape index (κ2) is 6.20. The number of nitrogen functional groups attached to an aromatic ring is 1. The Hall–Kier alpha value is -1.97. The number of anilines is 2. The van der Waals surface area contributed by atoms with Crippen molar-refractivity contribution >= 4 is 40.3 Å². The Morgan fingerprint density at radius 3 is 2.48 bits per heavy atom. The highest BCUT2D eigenvalue weighted by molar-refractivity contribution is 6.42. The maximum absolute atomic E-state index is 8.19. The van der Waals surface area contributed by atoms with E-state index in [0.29, 0.717) is 27.0 Å². The number of aryl methyl sites for hydroxylation is 1. The molecule has 0 fully saturated rings. The molecule has 0 heterocycles. The highest BCUT2D eigenvalue weighted by Gasteiger charge is 2.11. The summed E-state index contributed by atoms with van der Waals surface area (Å²) < 4.78 is 0. The van der Waals surface area contributed by atoms with Crippen molar-refractivity contribution in [3.8, 4) is 0 Å². The predicted molar refractivity (Wildman–Crippen MR) is 91.6 cm³/mol. The van der Waals surface area contributed by atoms with E-state index in [-0.39, 0.29) is 5.71 Å². The van der Waals surface area contributed by atoms with Crippen molar-refractivity contribution in [3.63, 3.8) is 0 Å². The highest BCUT2D eigenvalue weighted by Crippen LogP contribution is 2.29. The van der Waals surface area contributed by atoms with Crippen LogP contribution in [-0.2, 0) is 0 Å². The Labute approximate surface area is 133 Å². The monoisotopic (exact) mass is 319 g/mol. The predicted octanol–water partition coefficient (Wildman–Crippen LogP) is 4.88. The zero-order chi connectivity index (χ0) is 15.6. The number of allylic oxidation sites excluding steroid dienone is 1. The van der Waals surface area contributed by atoms with Gasteiger partial charge in [-0.05, 0) is 30.7 Å². The molecule has 4 N–H and O–H groups in total. The first kappa shape index (κ1) is 15.4. The molecule has 2 aromatic rings. The summed E-state index contributed by atoms with van der Waals surface area (Å²) in [6.45, 7) is 5.79. The van der Waals surface area contributed by atoms with E-state index in [9.17, 15) is 0 Å². The van der Waals surface area contributed by atoms with Gasteiger partial charge in [-0.25, -0.2) is 0 Å². The van der Waals surface area contributed by atoms with Crippen molar-refractivity contribution in [1.29, 1.82) is 5.41 Å². The van der Waals surface area contributed by atoms with Crippen LogP contribution in [0.3, 0.4) is 0 Å². The quantitative estimate of drug-likeness (QED) is 0.555. The van der Waals surface area contributed by atoms with Crippen LogP contribution in [0.15, 0.2) is 48.7 Å². The number of halogens is 2. The molecule has 0 aromatic heterocycles. The van der Waals surface area contributed by atoms with Gasteiger partial charge in [0.1, 0.15) is 0 Å². The minimum Gasteiger partial charge on any atom is -0.398 e. The first-order valence-electron chi connectivity index (χ1n) is 6.25. The van der Waals surface area contributed by atoms with Gasteiger partial charge >= 0.3 is 0 Å². The van der Waals surface area contributed by atoms with Crippen LogP contribution in [0.1, 0.15) is 11.1 Å². The standard InChI is InChI=1S/C16H15Cl2N3/c1-9-7-12(17)13(18)8-15(9)21-10(2)16(20)11-5-3-4-6-14(11)19/h3-8,20-21H,2,19H2,1H3. The Morgan fingerprint density at radius 1 is 1.19 bits per heavy atom. The van der Waals surface area contributed by atoms with Gasteiger partial charge in [0, 0.05) is 16.9 Å². The molecule has 0 aliphatic heterocycles. The lowest BCUT2D eigenvalue weighted by atomic mass is 10.1. The fourth-order valence-corrected chi connectivity index (χ4v) is 2.28. The van der Waals surface area contributed by atoms with Crippen LogP contribution in [-0.4, -0.2) is 5.71 Å². The molecule has 0 amide bonds. The van der Waals surface area contributed by atoms with Gasteiger partial charge in [0.15, 0.2) is 0 Å². The van der Waals surface area contributed by atoms with E-state index in [4.69, 9.17) is 34.3 Å². The van der Waals surface area contributed by atoms with Crippen molar-refractivity contribution in [3.05, 3.63) is 69.8 Å². The van der Waals surface area contributed by atoms with Gasteiger partial charge in [-0.15, -0.1) is 0 Å². The van der Waals surface area contributed by atoms with Crippen molar-refractivity contribution in [2.24, 2.45) is 0 Å². The van der Waals surface area contributed by atoms with E-state index >= 15 is 0 Å². The van der Waals surface area contributed by atoms with Crippen LogP contribution in [0.25, 0.3) is 0 Å². The number of nitrogens with one attached hydrogen (secondary N) is 2. The highest BCUT2D eigenvalue weighted by atomic mass is 35.5. The van der Waals surface area contributed by atoms with Crippen LogP contribution in [0, 0.1) is 12.3 Å². The first-order chi connectivity index (χ1) is 9.90. The summed E-state index contributed by atoms with van der Waals surface area (Å²) in [5, 5.41) is 12.2. The molecule has 0 atom stereocenters. The summed E-state index contributed by atoms with van der Waals surface area (Å²) >= 11 is 12.0. The number of hydrogen-bond acceptors (Lipinski definition) is 3. The van der Waals surface area contributed by atoms with Crippen LogP contribution in [0.4, 0.5) is 11.4 Å². The normalized spacial score (nSPS) is 10.2. The van der Waals surface area contributed by atoms with E-state index in [1.165, 1.54) is 0 Å².